The second-order valence-corrected chi connectivity index (χ2v) is 13.5. The highest BCUT2D eigenvalue weighted by Gasteiger charge is 2.15. The van der Waals surface area contributed by atoms with E-state index in [2.05, 4.69) is 45.2 Å². The van der Waals surface area contributed by atoms with Gasteiger partial charge in [-0.15, -0.1) is 0 Å². The van der Waals surface area contributed by atoms with E-state index in [-0.39, 0.29) is 20.8 Å². The van der Waals surface area contributed by atoms with E-state index < -0.39 is 0 Å². The molecule has 37 heavy (non-hydrogen) atoms. The quantitative estimate of drug-likeness (QED) is 0.111. The van der Waals surface area contributed by atoms with Crippen LogP contribution in [0.3, 0.4) is 0 Å². The number of halogens is 12. The zero-order valence-corrected chi connectivity index (χ0v) is 31.1. The zero-order chi connectivity index (χ0) is 28.0. The van der Waals surface area contributed by atoms with Crippen LogP contribution < -0.4 is 9.47 Å². The van der Waals surface area contributed by atoms with E-state index in [4.69, 9.17) is 114 Å². The maximum atomic E-state index is 9.17. The van der Waals surface area contributed by atoms with Crippen molar-refractivity contribution >= 4 is 172 Å². The van der Waals surface area contributed by atoms with Crippen molar-refractivity contribution < 1.29 is 14.6 Å². The van der Waals surface area contributed by atoms with E-state index in [0.29, 0.717) is 58.4 Å². The molecule has 0 aliphatic rings. The van der Waals surface area contributed by atoms with Crippen LogP contribution in [-0.4, -0.2) is 18.3 Å². The number of phenols is 1. The summed E-state index contributed by atoms with van der Waals surface area (Å²) in [5.41, 5.74) is 0. The van der Waals surface area contributed by atoms with E-state index >= 15 is 0 Å². The lowest BCUT2D eigenvalue weighted by Gasteiger charge is -2.13. The second-order valence-electron chi connectivity index (χ2n) is 6.82. The maximum Gasteiger partial charge on any atom is 0.135 e. The van der Waals surface area contributed by atoms with Crippen molar-refractivity contribution in [2.45, 2.75) is 12.8 Å². The number of rotatable bonds is 7. The van der Waals surface area contributed by atoms with Crippen LogP contribution in [0.4, 0.5) is 0 Å². The third-order valence-corrected chi connectivity index (χ3v) is 12.3. The fourth-order valence-electron chi connectivity index (χ4n) is 2.44. The molecule has 0 aliphatic heterocycles. The van der Waals surface area contributed by atoms with E-state index in [1.54, 1.807) is 12.1 Å². The number of hydrogen-bond donors (Lipinski definition) is 1. The molecule has 0 bridgehead atoms. The van der Waals surface area contributed by atoms with Gasteiger partial charge in [0.2, 0.25) is 0 Å². The molecule has 0 atom stereocenters. The molecule has 202 valence electrons. The first-order valence-electron chi connectivity index (χ1n) is 9.71. The van der Waals surface area contributed by atoms with Crippen LogP contribution in [0.25, 0.3) is 0 Å². The molecule has 0 spiro atoms. The Morgan fingerprint density at radius 3 is 1.22 bits per heavy atom. The van der Waals surface area contributed by atoms with Gasteiger partial charge in [0.1, 0.15) is 17.2 Å². The van der Waals surface area contributed by atoms with E-state index in [0.717, 1.165) is 20.0 Å². The molecule has 3 aromatic rings. The highest BCUT2D eigenvalue weighted by atomic mass is 127. The van der Waals surface area contributed by atoms with E-state index in [9.17, 15) is 5.11 Å². The number of phenolic OH excluding ortho intramolecular Hbond substituents is 1. The van der Waals surface area contributed by atoms with Gasteiger partial charge in [0.05, 0.1) is 69.1 Å². The summed E-state index contributed by atoms with van der Waals surface area (Å²) in [6.45, 7) is 0.986. The van der Waals surface area contributed by atoms with Gasteiger partial charge in [-0.1, -0.05) is 104 Å². The van der Waals surface area contributed by atoms with Crippen LogP contribution in [-0.2, 0) is 0 Å². The molecule has 15 heteroatoms. The van der Waals surface area contributed by atoms with Crippen molar-refractivity contribution in [3.8, 4) is 17.2 Å². The first-order chi connectivity index (χ1) is 17.3. The highest BCUT2D eigenvalue weighted by Crippen LogP contribution is 2.41. The molecular formula is C22H12Cl9I3O3. The summed E-state index contributed by atoms with van der Waals surface area (Å²) >= 11 is 59.3. The summed E-state index contributed by atoms with van der Waals surface area (Å²) in [6.07, 6.45) is 1.55. The lowest BCUT2D eigenvalue weighted by atomic mass is 10.3. The minimum absolute atomic E-state index is 0.0463. The maximum absolute atomic E-state index is 9.17. The molecular weight excluding hydrogens is 1010 g/mol. The van der Waals surface area contributed by atoms with Crippen molar-refractivity contribution in [2.24, 2.45) is 0 Å². The molecule has 3 rings (SSSR count). The molecule has 0 fully saturated rings. The van der Waals surface area contributed by atoms with Gasteiger partial charge in [0.25, 0.3) is 0 Å². The number of benzene rings is 3. The third kappa shape index (κ3) is 9.70. The average Bonchev–Trinajstić information content (AvgIpc) is 2.87. The molecule has 0 aliphatic carbocycles. The summed E-state index contributed by atoms with van der Waals surface area (Å²) in [4.78, 5) is 0. The Morgan fingerprint density at radius 1 is 0.514 bits per heavy atom. The molecule has 0 unspecified atom stereocenters. The Balaban J connectivity index is 0.000000364. The van der Waals surface area contributed by atoms with Gasteiger partial charge in [-0.25, -0.2) is 0 Å². The predicted molar refractivity (Wildman–Crippen MR) is 184 cm³/mol. The van der Waals surface area contributed by atoms with Gasteiger partial charge < -0.3 is 14.6 Å². The molecule has 0 amide bonds. The molecule has 3 aromatic carbocycles. The van der Waals surface area contributed by atoms with Crippen LogP contribution in [0.15, 0.2) is 18.2 Å². The monoisotopic (exact) mass is 1020 g/mol. The third-order valence-electron chi connectivity index (χ3n) is 4.28. The second kappa shape index (κ2) is 16.5. The Hall–Kier alpha value is 1.86. The Morgan fingerprint density at radius 2 is 0.838 bits per heavy atom. The number of aromatic hydroxyl groups is 1. The standard InChI is InChI=1S/C16H10Cl6I2O2.C6H2Cl3IO/c17-7-5-9(15(23)13(21)11(7)19)25-3-1-2-4-26-10-6-8(18)12(20)14(22)16(10)24;7-2-1-3(11)6(10)5(9)4(2)8/h5-6H,1-4H2;1,11H. The SMILES string of the molecule is Clc1cc(OCCCCOc2cc(Cl)c(Cl)c(Cl)c2I)c(I)c(Cl)c1Cl.Oc1cc(Cl)c(Cl)c(Cl)c1I. The normalized spacial score (nSPS) is 10.7. The van der Waals surface area contributed by atoms with Crippen molar-refractivity contribution in [3.63, 3.8) is 0 Å². The number of ether oxygens (including phenoxy) is 2. The number of hydrogen-bond acceptors (Lipinski definition) is 3. The Labute approximate surface area is 300 Å². The van der Waals surface area contributed by atoms with Crippen LogP contribution >= 0.6 is 172 Å². The van der Waals surface area contributed by atoms with Gasteiger partial charge in [-0.3, -0.25) is 0 Å². The lowest BCUT2D eigenvalue weighted by Crippen LogP contribution is -2.04. The summed E-state index contributed by atoms with van der Waals surface area (Å²) in [5, 5.41) is 12.2. The summed E-state index contributed by atoms with van der Waals surface area (Å²) in [6, 6.07) is 4.68. The Kier molecular flexibility index (Phi) is 15.6. The van der Waals surface area contributed by atoms with Crippen molar-refractivity contribution in [2.75, 3.05) is 13.2 Å². The molecule has 0 radical (unpaired) electrons. The topological polar surface area (TPSA) is 38.7 Å². The highest BCUT2D eigenvalue weighted by molar-refractivity contribution is 14.1. The van der Waals surface area contributed by atoms with E-state index in [1.807, 2.05) is 22.6 Å². The summed E-state index contributed by atoms with van der Waals surface area (Å²) in [5.74, 6) is 1.26. The van der Waals surface area contributed by atoms with E-state index in [1.165, 1.54) is 6.07 Å². The fraction of sp³-hybridized carbons (Fsp3) is 0.182. The van der Waals surface area contributed by atoms with Crippen LogP contribution in [0.5, 0.6) is 17.2 Å². The van der Waals surface area contributed by atoms with Crippen LogP contribution in [0.2, 0.25) is 45.2 Å². The molecule has 0 saturated carbocycles. The molecule has 0 heterocycles. The average molecular weight is 1020 g/mol. The minimum Gasteiger partial charge on any atom is -0.507 e. The lowest BCUT2D eigenvalue weighted by molar-refractivity contribution is 0.264. The smallest absolute Gasteiger partial charge is 0.135 e. The molecule has 3 nitrogen and oxygen atoms in total. The predicted octanol–water partition coefficient (Wildman–Crippen LogP) is 13.0. The largest absolute Gasteiger partial charge is 0.507 e. The minimum atomic E-state index is 0.0463. The molecule has 0 aromatic heterocycles. The van der Waals surface area contributed by atoms with Gasteiger partial charge in [0, 0.05) is 18.2 Å². The van der Waals surface area contributed by atoms with Gasteiger partial charge in [0.15, 0.2) is 0 Å². The fourth-order valence-corrected chi connectivity index (χ4v) is 6.27. The molecule has 1 N–H and O–H groups in total. The van der Waals surface area contributed by atoms with Gasteiger partial charge in [-0.2, -0.15) is 0 Å². The summed E-state index contributed by atoms with van der Waals surface area (Å²) < 4.78 is 13.4. The first kappa shape index (κ1) is 35.1. The van der Waals surface area contributed by atoms with Crippen LogP contribution in [0, 0.1) is 10.7 Å². The van der Waals surface area contributed by atoms with Gasteiger partial charge >= 0.3 is 0 Å². The number of unbranched alkanes of at least 4 members (excludes halogenated alkanes) is 1. The van der Waals surface area contributed by atoms with Gasteiger partial charge in [-0.05, 0) is 80.6 Å². The van der Waals surface area contributed by atoms with Crippen molar-refractivity contribution in [1.82, 2.24) is 0 Å². The first-order valence-corrected chi connectivity index (χ1v) is 16.3. The molecule has 0 saturated heterocycles. The van der Waals surface area contributed by atoms with Crippen molar-refractivity contribution in [3.05, 3.63) is 74.1 Å². The zero-order valence-electron chi connectivity index (χ0n) is 17.9. The Bertz CT molecular complexity index is 1200. The van der Waals surface area contributed by atoms with Crippen molar-refractivity contribution in [1.29, 1.82) is 0 Å². The summed E-state index contributed by atoms with van der Waals surface area (Å²) in [7, 11) is 0. The van der Waals surface area contributed by atoms with Crippen LogP contribution in [0.1, 0.15) is 12.8 Å².